The summed E-state index contributed by atoms with van der Waals surface area (Å²) in [4.78, 5) is 27.5. The number of anilines is 1. The second-order valence-corrected chi connectivity index (χ2v) is 10.3. The van der Waals surface area contributed by atoms with E-state index in [0.717, 1.165) is 30.4 Å². The fourth-order valence-electron chi connectivity index (χ4n) is 3.94. The molecule has 2 aromatic carbocycles. The molecule has 1 unspecified atom stereocenters. The minimum absolute atomic E-state index is 0.0523. The number of carbonyl (C=O) groups excluding carboxylic acids is 2. The predicted octanol–water partition coefficient (Wildman–Crippen LogP) is 3.11. The second kappa shape index (κ2) is 11.5. The van der Waals surface area contributed by atoms with E-state index in [1.165, 1.54) is 6.07 Å². The summed E-state index contributed by atoms with van der Waals surface area (Å²) in [6, 6.07) is 11.4. The van der Waals surface area contributed by atoms with Crippen molar-refractivity contribution < 1.29 is 22.7 Å². The van der Waals surface area contributed by atoms with Crippen molar-refractivity contribution in [1.82, 2.24) is 10.2 Å². The molecule has 1 aliphatic heterocycles. The van der Waals surface area contributed by atoms with Crippen LogP contribution in [-0.4, -0.2) is 58.5 Å². The number of amides is 2. The lowest BCUT2D eigenvalue weighted by Crippen LogP contribution is -2.45. The van der Waals surface area contributed by atoms with Gasteiger partial charge in [0.15, 0.2) is 0 Å². The maximum Gasteiger partial charge on any atom is 0.261 e. The third-order valence-corrected chi connectivity index (χ3v) is 7.43. The molecule has 2 amide bonds. The quantitative estimate of drug-likeness (QED) is 0.529. The van der Waals surface area contributed by atoms with Crippen LogP contribution in [0.25, 0.3) is 0 Å². The van der Waals surface area contributed by atoms with Gasteiger partial charge in [0.1, 0.15) is 0 Å². The van der Waals surface area contributed by atoms with Gasteiger partial charge in [-0.15, -0.1) is 0 Å². The molecule has 1 fully saturated rings. The molecule has 3 rings (SSSR count). The minimum atomic E-state index is -3.79. The maximum atomic E-state index is 13.1. The zero-order valence-electron chi connectivity index (χ0n) is 20.0. The van der Waals surface area contributed by atoms with Gasteiger partial charge in [-0.05, 0) is 74.6 Å². The summed E-state index contributed by atoms with van der Waals surface area (Å²) in [5, 5.41) is 2.91. The lowest BCUT2D eigenvalue weighted by Gasteiger charge is -2.32. The van der Waals surface area contributed by atoms with Crippen molar-refractivity contribution in [2.75, 3.05) is 38.1 Å². The molecule has 2 aromatic rings. The molecule has 0 radical (unpaired) electrons. The van der Waals surface area contributed by atoms with Crippen LogP contribution in [0.2, 0.25) is 0 Å². The third kappa shape index (κ3) is 6.57. The highest BCUT2D eigenvalue weighted by Crippen LogP contribution is 2.22. The van der Waals surface area contributed by atoms with Gasteiger partial charge < -0.3 is 15.0 Å². The Balaban J connectivity index is 1.67. The Labute approximate surface area is 201 Å². The zero-order valence-corrected chi connectivity index (χ0v) is 20.8. The van der Waals surface area contributed by atoms with Crippen LogP contribution in [0.4, 0.5) is 5.69 Å². The van der Waals surface area contributed by atoms with E-state index in [1.807, 2.05) is 13.8 Å². The number of rotatable bonds is 9. The van der Waals surface area contributed by atoms with E-state index in [-0.39, 0.29) is 22.6 Å². The van der Waals surface area contributed by atoms with E-state index in [9.17, 15) is 18.0 Å². The number of nitrogens with one attached hydrogen (secondary N) is 2. The number of hydrogen-bond donors (Lipinski definition) is 2. The second-order valence-electron chi connectivity index (χ2n) is 8.66. The monoisotopic (exact) mass is 487 g/mol. The van der Waals surface area contributed by atoms with Crippen LogP contribution in [0, 0.1) is 19.8 Å². The number of aryl methyl sites for hydroxylation is 2. The Hall–Kier alpha value is -2.91. The van der Waals surface area contributed by atoms with Gasteiger partial charge >= 0.3 is 0 Å². The molecular weight excluding hydrogens is 454 g/mol. The highest BCUT2D eigenvalue weighted by atomic mass is 32.2. The summed E-state index contributed by atoms with van der Waals surface area (Å²) in [6.45, 7) is 5.81. The number of methoxy groups -OCH3 is 1. The van der Waals surface area contributed by atoms with Crippen LogP contribution >= 0.6 is 0 Å². The maximum absolute atomic E-state index is 13.1. The molecule has 9 heteroatoms. The Kier molecular flexibility index (Phi) is 8.68. The number of nitrogens with zero attached hydrogens (tertiary/aromatic N) is 1. The molecule has 1 atom stereocenters. The lowest BCUT2D eigenvalue weighted by atomic mass is 9.96. The number of hydrogen-bond acceptors (Lipinski definition) is 5. The van der Waals surface area contributed by atoms with Crippen molar-refractivity contribution in [3.8, 4) is 0 Å². The van der Waals surface area contributed by atoms with E-state index in [0.29, 0.717) is 37.5 Å². The number of likely N-dealkylation sites (tertiary alicyclic amines) is 1. The van der Waals surface area contributed by atoms with Crippen LogP contribution in [0.15, 0.2) is 47.4 Å². The Morgan fingerprint density at radius 1 is 1.12 bits per heavy atom. The lowest BCUT2D eigenvalue weighted by molar-refractivity contribution is -0.126. The van der Waals surface area contributed by atoms with E-state index in [2.05, 4.69) is 10.0 Å². The van der Waals surface area contributed by atoms with Crippen LogP contribution in [-0.2, 0) is 19.6 Å². The molecule has 0 saturated carbocycles. The van der Waals surface area contributed by atoms with Crippen LogP contribution in [0.5, 0.6) is 0 Å². The van der Waals surface area contributed by atoms with Gasteiger partial charge in [-0.25, -0.2) is 8.42 Å². The highest BCUT2D eigenvalue weighted by molar-refractivity contribution is 7.92. The van der Waals surface area contributed by atoms with Gasteiger partial charge in [0.25, 0.3) is 15.9 Å². The summed E-state index contributed by atoms with van der Waals surface area (Å²) >= 11 is 0. The molecule has 2 N–H and O–H groups in total. The number of piperidine rings is 1. The molecule has 0 spiro atoms. The molecule has 0 aromatic heterocycles. The molecule has 1 aliphatic rings. The fraction of sp³-hybridized carbons (Fsp3) is 0.440. The predicted molar refractivity (Wildman–Crippen MR) is 131 cm³/mol. The van der Waals surface area contributed by atoms with Crippen LogP contribution < -0.4 is 10.0 Å². The zero-order chi connectivity index (χ0) is 24.7. The van der Waals surface area contributed by atoms with E-state index in [4.69, 9.17) is 4.74 Å². The van der Waals surface area contributed by atoms with Gasteiger partial charge in [-0.1, -0.05) is 12.1 Å². The number of benzene rings is 2. The van der Waals surface area contributed by atoms with E-state index in [1.54, 1.807) is 48.4 Å². The minimum Gasteiger partial charge on any atom is -0.385 e. The summed E-state index contributed by atoms with van der Waals surface area (Å²) in [6.07, 6.45) is 2.21. The first kappa shape index (κ1) is 25.7. The Morgan fingerprint density at radius 3 is 2.65 bits per heavy atom. The Bertz CT molecular complexity index is 1130. The largest absolute Gasteiger partial charge is 0.385 e. The normalized spacial score (nSPS) is 16.2. The average molecular weight is 488 g/mol. The molecule has 0 aliphatic carbocycles. The van der Waals surface area contributed by atoms with Crippen molar-refractivity contribution in [2.45, 2.75) is 38.0 Å². The highest BCUT2D eigenvalue weighted by Gasteiger charge is 2.29. The van der Waals surface area contributed by atoms with Crippen molar-refractivity contribution in [1.29, 1.82) is 0 Å². The molecule has 184 valence electrons. The van der Waals surface area contributed by atoms with Gasteiger partial charge in [0, 0.05) is 44.6 Å². The summed E-state index contributed by atoms with van der Waals surface area (Å²) in [5.41, 5.74) is 2.58. The van der Waals surface area contributed by atoms with Crippen molar-refractivity contribution in [3.05, 3.63) is 59.2 Å². The SMILES string of the molecule is COCCCNC(=O)C1CCCN(C(=O)c2cccc(NS(=O)(=O)c3ccc(C)c(C)c3)c2)C1. The standard InChI is InChI=1S/C25H33N3O5S/c1-18-10-11-23(15-19(18)2)34(31,32)27-22-9-4-7-20(16-22)25(30)28-13-5-8-21(17-28)24(29)26-12-6-14-33-3/h4,7,9-11,15-16,21,27H,5-6,8,12-14,17H2,1-3H3,(H,26,29). The first-order valence-electron chi connectivity index (χ1n) is 11.5. The molecule has 0 bridgehead atoms. The summed E-state index contributed by atoms with van der Waals surface area (Å²) in [7, 11) is -2.17. The van der Waals surface area contributed by atoms with Crippen molar-refractivity contribution >= 4 is 27.5 Å². The fourth-order valence-corrected chi connectivity index (χ4v) is 5.08. The van der Waals surface area contributed by atoms with Crippen molar-refractivity contribution in [2.24, 2.45) is 5.92 Å². The average Bonchev–Trinajstić information content (AvgIpc) is 2.83. The first-order valence-corrected chi connectivity index (χ1v) is 13.0. The molecule has 1 heterocycles. The van der Waals surface area contributed by atoms with Gasteiger partial charge in [0.05, 0.1) is 10.8 Å². The van der Waals surface area contributed by atoms with Crippen LogP contribution in [0.3, 0.4) is 0 Å². The van der Waals surface area contributed by atoms with E-state index >= 15 is 0 Å². The smallest absolute Gasteiger partial charge is 0.261 e. The van der Waals surface area contributed by atoms with E-state index < -0.39 is 10.0 Å². The molecular formula is C25H33N3O5S. The molecule has 1 saturated heterocycles. The topological polar surface area (TPSA) is 105 Å². The summed E-state index contributed by atoms with van der Waals surface area (Å²) < 4.78 is 33.2. The molecule has 34 heavy (non-hydrogen) atoms. The number of ether oxygens (including phenoxy) is 1. The van der Waals surface area contributed by atoms with Gasteiger partial charge in [-0.2, -0.15) is 0 Å². The number of carbonyl (C=O) groups is 2. The Morgan fingerprint density at radius 2 is 1.91 bits per heavy atom. The molecule has 8 nitrogen and oxygen atoms in total. The van der Waals surface area contributed by atoms with Crippen LogP contribution in [0.1, 0.15) is 40.7 Å². The number of sulfonamides is 1. The van der Waals surface area contributed by atoms with Gasteiger partial charge in [0.2, 0.25) is 5.91 Å². The first-order chi connectivity index (χ1) is 16.2. The summed E-state index contributed by atoms with van der Waals surface area (Å²) in [5.74, 6) is -0.528. The van der Waals surface area contributed by atoms with Crippen molar-refractivity contribution in [3.63, 3.8) is 0 Å². The van der Waals surface area contributed by atoms with Gasteiger partial charge in [-0.3, -0.25) is 14.3 Å². The third-order valence-electron chi connectivity index (χ3n) is 6.05.